The van der Waals surface area contributed by atoms with Gasteiger partial charge in [-0.3, -0.25) is 0 Å². The van der Waals surface area contributed by atoms with Crippen molar-refractivity contribution in [2.24, 2.45) is 23.7 Å². The maximum Gasteiger partial charge on any atom is 0.0607 e. The van der Waals surface area contributed by atoms with Crippen molar-refractivity contribution in [3.8, 4) is 0 Å². The summed E-state index contributed by atoms with van der Waals surface area (Å²) in [4.78, 5) is 0. The predicted octanol–water partition coefficient (Wildman–Crippen LogP) is 1.58. The Labute approximate surface area is 67.1 Å². The molecule has 2 saturated carbocycles. The lowest BCUT2D eigenvalue weighted by Gasteiger charge is -2.32. The molecule has 0 amide bonds. The number of allylic oxidation sites excluding steroid dienone is 2. The third-order valence-electron chi connectivity index (χ3n) is 3.96. The van der Waals surface area contributed by atoms with E-state index in [1.807, 2.05) is 0 Å². The van der Waals surface area contributed by atoms with E-state index in [9.17, 15) is 5.11 Å². The van der Waals surface area contributed by atoms with Crippen LogP contribution in [-0.4, -0.2) is 11.2 Å². The Kier molecular flexibility index (Phi) is 1.07. The van der Waals surface area contributed by atoms with Gasteiger partial charge in [0.15, 0.2) is 0 Å². The van der Waals surface area contributed by atoms with Crippen molar-refractivity contribution in [2.45, 2.75) is 25.4 Å². The maximum absolute atomic E-state index is 9.85. The van der Waals surface area contributed by atoms with Crippen LogP contribution in [0.1, 0.15) is 19.3 Å². The summed E-state index contributed by atoms with van der Waals surface area (Å²) in [6, 6.07) is 0. The van der Waals surface area contributed by atoms with Crippen LogP contribution < -0.4 is 0 Å². The SMILES string of the molecule is OC1[C@H]2CC[C@@H]1[C@H]1C=C[C@@H]2C1. The second kappa shape index (κ2) is 1.89. The van der Waals surface area contributed by atoms with Gasteiger partial charge in [-0.15, -0.1) is 0 Å². The maximum atomic E-state index is 9.85. The smallest absolute Gasteiger partial charge is 0.0607 e. The number of aliphatic hydroxyl groups is 1. The van der Waals surface area contributed by atoms with E-state index in [4.69, 9.17) is 0 Å². The molecule has 0 aromatic rings. The van der Waals surface area contributed by atoms with Crippen molar-refractivity contribution in [1.29, 1.82) is 0 Å². The normalized spacial score (nSPS) is 58.8. The minimum atomic E-state index is 0.0359. The molecule has 0 spiro atoms. The predicted molar refractivity (Wildman–Crippen MR) is 43.0 cm³/mol. The molecular formula is C10H14O. The number of hydrogen-bond donors (Lipinski definition) is 1. The summed E-state index contributed by atoms with van der Waals surface area (Å²) in [6.07, 6.45) is 8.62. The molecule has 60 valence electrons. The van der Waals surface area contributed by atoms with Gasteiger partial charge >= 0.3 is 0 Å². The van der Waals surface area contributed by atoms with Crippen molar-refractivity contribution in [3.05, 3.63) is 12.2 Å². The Morgan fingerprint density at radius 3 is 2.09 bits per heavy atom. The molecule has 1 unspecified atom stereocenters. The standard InChI is InChI=1S/C10H14O/c11-10-8-3-4-9(10)7-2-1-6(8)5-7/h1-2,6-11H,3-5H2/t6-,7+,8+,9-,10?. The van der Waals surface area contributed by atoms with E-state index in [2.05, 4.69) is 12.2 Å². The molecule has 3 aliphatic carbocycles. The third-order valence-corrected chi connectivity index (χ3v) is 3.96. The van der Waals surface area contributed by atoms with Crippen molar-refractivity contribution in [1.82, 2.24) is 0 Å². The molecule has 0 aromatic carbocycles. The first-order chi connectivity index (χ1) is 5.36. The van der Waals surface area contributed by atoms with E-state index < -0.39 is 0 Å². The van der Waals surface area contributed by atoms with Gasteiger partial charge in [0, 0.05) is 0 Å². The molecule has 1 N–H and O–H groups in total. The first-order valence-electron chi connectivity index (χ1n) is 4.72. The minimum Gasteiger partial charge on any atom is -0.393 e. The first-order valence-corrected chi connectivity index (χ1v) is 4.72. The topological polar surface area (TPSA) is 20.2 Å². The zero-order chi connectivity index (χ0) is 7.42. The number of fused-ring (bicyclic) bond motifs is 6. The fourth-order valence-electron chi connectivity index (χ4n) is 3.37. The second-order valence-corrected chi connectivity index (χ2v) is 4.34. The Morgan fingerprint density at radius 1 is 1.00 bits per heavy atom. The summed E-state index contributed by atoms with van der Waals surface area (Å²) >= 11 is 0. The lowest BCUT2D eigenvalue weighted by Crippen LogP contribution is -2.33. The molecule has 2 fully saturated rings. The quantitative estimate of drug-likeness (QED) is 0.520. The number of aliphatic hydroxyl groups excluding tert-OH is 1. The van der Waals surface area contributed by atoms with E-state index in [0.717, 1.165) is 11.8 Å². The molecule has 0 aliphatic heterocycles. The van der Waals surface area contributed by atoms with Gasteiger partial charge in [0.25, 0.3) is 0 Å². The molecule has 1 nitrogen and oxygen atoms in total. The molecule has 3 aliphatic rings. The third kappa shape index (κ3) is 0.652. The van der Waals surface area contributed by atoms with Crippen LogP contribution in [0.15, 0.2) is 12.2 Å². The largest absolute Gasteiger partial charge is 0.393 e. The van der Waals surface area contributed by atoms with Gasteiger partial charge in [0.05, 0.1) is 6.10 Å². The van der Waals surface area contributed by atoms with Crippen LogP contribution in [0.3, 0.4) is 0 Å². The van der Waals surface area contributed by atoms with Crippen molar-refractivity contribution < 1.29 is 5.11 Å². The Bertz CT molecular complexity index is 189. The van der Waals surface area contributed by atoms with E-state index in [1.54, 1.807) is 0 Å². The van der Waals surface area contributed by atoms with Gasteiger partial charge in [-0.1, -0.05) is 12.2 Å². The van der Waals surface area contributed by atoms with Crippen molar-refractivity contribution >= 4 is 0 Å². The van der Waals surface area contributed by atoms with Crippen LogP contribution in [0.4, 0.5) is 0 Å². The van der Waals surface area contributed by atoms with E-state index in [1.165, 1.54) is 19.3 Å². The van der Waals surface area contributed by atoms with E-state index in [0.29, 0.717) is 11.8 Å². The molecule has 1 heteroatoms. The highest BCUT2D eigenvalue weighted by Crippen LogP contribution is 2.52. The molecule has 3 rings (SSSR count). The summed E-state index contributed by atoms with van der Waals surface area (Å²) < 4.78 is 0. The summed E-state index contributed by atoms with van der Waals surface area (Å²) in [5.74, 6) is 2.70. The number of hydrogen-bond acceptors (Lipinski definition) is 1. The molecule has 0 saturated heterocycles. The zero-order valence-corrected chi connectivity index (χ0v) is 6.61. The lowest BCUT2D eigenvalue weighted by atomic mass is 9.76. The van der Waals surface area contributed by atoms with Crippen LogP contribution in [0.5, 0.6) is 0 Å². The first kappa shape index (κ1) is 6.24. The average molecular weight is 150 g/mol. The van der Waals surface area contributed by atoms with Crippen molar-refractivity contribution in [3.63, 3.8) is 0 Å². The van der Waals surface area contributed by atoms with Crippen LogP contribution in [-0.2, 0) is 0 Å². The molecule has 5 atom stereocenters. The van der Waals surface area contributed by atoms with Gasteiger partial charge in [-0.05, 0) is 42.9 Å². The van der Waals surface area contributed by atoms with Crippen LogP contribution in [0.2, 0.25) is 0 Å². The van der Waals surface area contributed by atoms with Crippen LogP contribution in [0, 0.1) is 23.7 Å². The Hall–Kier alpha value is -0.300. The summed E-state index contributed by atoms with van der Waals surface area (Å²) in [5, 5.41) is 9.85. The van der Waals surface area contributed by atoms with Gasteiger partial charge < -0.3 is 5.11 Å². The van der Waals surface area contributed by atoms with Crippen molar-refractivity contribution in [2.75, 3.05) is 0 Å². The van der Waals surface area contributed by atoms with Gasteiger partial charge in [-0.2, -0.15) is 0 Å². The number of rotatable bonds is 0. The highest BCUT2D eigenvalue weighted by atomic mass is 16.3. The fraction of sp³-hybridized carbons (Fsp3) is 0.800. The Balaban J connectivity index is 2.02. The van der Waals surface area contributed by atoms with Gasteiger partial charge in [0.2, 0.25) is 0 Å². The van der Waals surface area contributed by atoms with E-state index in [-0.39, 0.29) is 6.10 Å². The molecule has 0 radical (unpaired) electrons. The molecule has 11 heavy (non-hydrogen) atoms. The molecule has 0 aromatic heterocycles. The molecular weight excluding hydrogens is 136 g/mol. The highest BCUT2D eigenvalue weighted by molar-refractivity contribution is 5.14. The second-order valence-electron chi connectivity index (χ2n) is 4.34. The van der Waals surface area contributed by atoms with Crippen LogP contribution >= 0.6 is 0 Å². The lowest BCUT2D eigenvalue weighted by molar-refractivity contribution is 0.0287. The monoisotopic (exact) mass is 150 g/mol. The fourth-order valence-corrected chi connectivity index (χ4v) is 3.37. The summed E-state index contributed by atoms with van der Waals surface area (Å²) in [5.41, 5.74) is 0. The molecule has 4 bridgehead atoms. The minimum absolute atomic E-state index is 0.0359. The van der Waals surface area contributed by atoms with Gasteiger partial charge in [-0.25, -0.2) is 0 Å². The molecule has 0 heterocycles. The van der Waals surface area contributed by atoms with E-state index >= 15 is 0 Å². The van der Waals surface area contributed by atoms with Gasteiger partial charge in [0.1, 0.15) is 0 Å². The summed E-state index contributed by atoms with van der Waals surface area (Å²) in [7, 11) is 0. The summed E-state index contributed by atoms with van der Waals surface area (Å²) in [6.45, 7) is 0. The Morgan fingerprint density at radius 2 is 1.55 bits per heavy atom. The average Bonchev–Trinajstić information content (AvgIpc) is 2.42. The zero-order valence-electron chi connectivity index (χ0n) is 6.61. The highest BCUT2D eigenvalue weighted by Gasteiger charge is 2.48. The van der Waals surface area contributed by atoms with Crippen LogP contribution in [0.25, 0.3) is 0 Å².